The highest BCUT2D eigenvalue weighted by Gasteiger charge is 2.24. The quantitative estimate of drug-likeness (QED) is 0.279. The van der Waals surface area contributed by atoms with Gasteiger partial charge in [0.2, 0.25) is 5.91 Å². The Bertz CT molecular complexity index is 1220. The largest absolute Gasteiger partial charge is 0.497 e. The maximum absolute atomic E-state index is 13.3. The molecule has 0 radical (unpaired) electrons. The van der Waals surface area contributed by atoms with Gasteiger partial charge in [0.15, 0.2) is 0 Å². The molecule has 1 aliphatic rings. The monoisotopic (exact) mass is 543 g/mol. The van der Waals surface area contributed by atoms with Gasteiger partial charge in [-0.05, 0) is 80.0 Å². The van der Waals surface area contributed by atoms with Gasteiger partial charge in [0, 0.05) is 44.2 Å². The molecule has 40 heavy (non-hydrogen) atoms. The maximum atomic E-state index is 13.3. The molecular weight excluding hydrogens is 502 g/mol. The van der Waals surface area contributed by atoms with Gasteiger partial charge < -0.3 is 25.0 Å². The molecule has 0 atom stereocenters. The van der Waals surface area contributed by atoms with Crippen molar-refractivity contribution < 1.29 is 19.1 Å². The minimum atomic E-state index is -0.136. The number of nitrogens with zero attached hydrogens (tertiary/aromatic N) is 1. The molecule has 0 bridgehead atoms. The second-order valence-electron chi connectivity index (χ2n) is 10.2. The van der Waals surface area contributed by atoms with Crippen LogP contribution in [0.3, 0.4) is 0 Å². The van der Waals surface area contributed by atoms with Crippen LogP contribution in [0.15, 0.2) is 72.8 Å². The van der Waals surface area contributed by atoms with E-state index in [-0.39, 0.29) is 18.2 Å². The van der Waals surface area contributed by atoms with Gasteiger partial charge in [-0.3, -0.25) is 9.59 Å². The van der Waals surface area contributed by atoms with Crippen molar-refractivity contribution in [2.45, 2.75) is 39.0 Å². The molecule has 0 aliphatic carbocycles. The molecular formula is C33H41N3O4. The number of rotatable bonds is 13. The van der Waals surface area contributed by atoms with Crippen LogP contribution in [0, 0.1) is 5.92 Å². The van der Waals surface area contributed by atoms with Crippen LogP contribution in [-0.4, -0.2) is 51.8 Å². The summed E-state index contributed by atoms with van der Waals surface area (Å²) < 4.78 is 10.6. The zero-order valence-electron chi connectivity index (χ0n) is 23.7. The number of ether oxygens (including phenoxy) is 2. The van der Waals surface area contributed by atoms with Crippen molar-refractivity contribution in [3.63, 3.8) is 0 Å². The highest BCUT2D eigenvalue weighted by molar-refractivity contribution is 6.02. The molecule has 7 nitrogen and oxygen atoms in total. The van der Waals surface area contributed by atoms with Crippen molar-refractivity contribution in [1.82, 2.24) is 5.32 Å². The minimum absolute atomic E-state index is 0.135. The summed E-state index contributed by atoms with van der Waals surface area (Å²) in [7, 11) is 1.62. The molecule has 212 valence electrons. The number of benzene rings is 3. The number of amides is 2. The summed E-state index contributed by atoms with van der Waals surface area (Å²) in [4.78, 5) is 28.4. The van der Waals surface area contributed by atoms with E-state index in [2.05, 4.69) is 45.9 Å². The molecule has 4 rings (SSSR count). The second kappa shape index (κ2) is 15.1. The topological polar surface area (TPSA) is 79.9 Å². The van der Waals surface area contributed by atoms with Crippen LogP contribution in [0.5, 0.6) is 5.75 Å². The van der Waals surface area contributed by atoms with E-state index >= 15 is 0 Å². The third-order valence-electron chi connectivity index (χ3n) is 7.33. The SMILES string of the molecule is CCOCCCNC(=O)c1cc(NC(=O)Cc2ccc(OC)cc2)ccc1N1CCC(Cc2ccccc2)CC1. The molecule has 7 heteroatoms. The van der Waals surface area contributed by atoms with E-state index in [1.54, 1.807) is 13.2 Å². The van der Waals surface area contributed by atoms with Crippen molar-refractivity contribution >= 4 is 23.2 Å². The van der Waals surface area contributed by atoms with Crippen LogP contribution in [0.4, 0.5) is 11.4 Å². The van der Waals surface area contributed by atoms with Crippen molar-refractivity contribution in [2.24, 2.45) is 5.92 Å². The Hall–Kier alpha value is -3.84. The summed E-state index contributed by atoms with van der Waals surface area (Å²) in [6, 6.07) is 23.7. The minimum Gasteiger partial charge on any atom is -0.497 e. The van der Waals surface area contributed by atoms with Gasteiger partial charge in [0.1, 0.15) is 5.75 Å². The average Bonchev–Trinajstić information content (AvgIpc) is 2.98. The average molecular weight is 544 g/mol. The molecule has 1 saturated heterocycles. The third kappa shape index (κ3) is 8.58. The summed E-state index contributed by atoms with van der Waals surface area (Å²) in [5.74, 6) is 1.11. The summed E-state index contributed by atoms with van der Waals surface area (Å²) in [6.45, 7) is 5.56. The molecule has 3 aromatic rings. The Morgan fingerprint density at radius 2 is 1.70 bits per heavy atom. The number of piperidine rings is 1. The lowest BCUT2D eigenvalue weighted by molar-refractivity contribution is -0.115. The number of hydrogen-bond acceptors (Lipinski definition) is 5. The first kappa shape index (κ1) is 29.2. The summed E-state index contributed by atoms with van der Waals surface area (Å²) in [5, 5.41) is 6.01. The van der Waals surface area contributed by atoms with E-state index in [0.29, 0.717) is 36.9 Å². The maximum Gasteiger partial charge on any atom is 0.253 e. The molecule has 1 fully saturated rings. The van der Waals surface area contributed by atoms with Crippen LogP contribution < -0.4 is 20.3 Å². The number of carbonyl (C=O) groups excluding carboxylic acids is 2. The van der Waals surface area contributed by atoms with Gasteiger partial charge in [0.25, 0.3) is 5.91 Å². The van der Waals surface area contributed by atoms with Gasteiger partial charge in [-0.15, -0.1) is 0 Å². The molecule has 2 amide bonds. The van der Waals surface area contributed by atoms with Crippen molar-refractivity contribution in [3.8, 4) is 5.75 Å². The summed E-state index contributed by atoms with van der Waals surface area (Å²) in [6.07, 6.45) is 4.22. The van der Waals surface area contributed by atoms with E-state index in [4.69, 9.17) is 9.47 Å². The highest BCUT2D eigenvalue weighted by atomic mass is 16.5. The first-order valence-electron chi connectivity index (χ1n) is 14.3. The van der Waals surface area contributed by atoms with Crippen molar-refractivity contribution in [2.75, 3.05) is 50.2 Å². The number of methoxy groups -OCH3 is 1. The van der Waals surface area contributed by atoms with Crippen LogP contribution in [0.2, 0.25) is 0 Å². The predicted octanol–water partition coefficient (Wildman–Crippen LogP) is 5.49. The van der Waals surface area contributed by atoms with Gasteiger partial charge in [-0.1, -0.05) is 42.5 Å². The zero-order chi connectivity index (χ0) is 28.2. The number of anilines is 2. The van der Waals surface area contributed by atoms with E-state index in [1.807, 2.05) is 43.3 Å². The Morgan fingerprint density at radius 1 is 0.950 bits per heavy atom. The van der Waals surface area contributed by atoms with Gasteiger partial charge in [-0.25, -0.2) is 0 Å². The van der Waals surface area contributed by atoms with Gasteiger partial charge >= 0.3 is 0 Å². The molecule has 1 heterocycles. The van der Waals surface area contributed by atoms with Crippen LogP contribution in [0.25, 0.3) is 0 Å². The molecule has 0 aromatic heterocycles. The molecule has 3 aromatic carbocycles. The van der Waals surface area contributed by atoms with Gasteiger partial charge in [-0.2, -0.15) is 0 Å². The smallest absolute Gasteiger partial charge is 0.253 e. The lowest BCUT2D eigenvalue weighted by Gasteiger charge is -2.35. The van der Waals surface area contributed by atoms with Gasteiger partial charge in [0.05, 0.1) is 19.1 Å². The zero-order valence-corrected chi connectivity index (χ0v) is 23.7. The van der Waals surface area contributed by atoms with Crippen LogP contribution >= 0.6 is 0 Å². The first-order chi connectivity index (χ1) is 19.6. The predicted molar refractivity (Wildman–Crippen MR) is 160 cm³/mol. The molecule has 0 spiro atoms. The number of nitrogens with one attached hydrogen (secondary N) is 2. The molecule has 2 N–H and O–H groups in total. The standard InChI is InChI=1S/C33H41N3O4/c1-3-40-21-7-18-34-33(38)30-24-28(35-32(37)23-26-10-13-29(39-2)14-11-26)12-15-31(30)36-19-16-27(17-20-36)22-25-8-5-4-6-9-25/h4-6,8-15,24,27H,3,7,16-23H2,1-2H3,(H,34,38)(H,35,37). The lowest BCUT2D eigenvalue weighted by Crippen LogP contribution is -2.36. The fourth-order valence-electron chi connectivity index (χ4n) is 5.15. The number of hydrogen-bond donors (Lipinski definition) is 2. The fraction of sp³-hybridized carbons (Fsp3) is 0.394. The van der Waals surface area contributed by atoms with E-state index in [1.165, 1.54) is 5.56 Å². The van der Waals surface area contributed by atoms with Crippen molar-refractivity contribution in [1.29, 1.82) is 0 Å². The molecule has 1 aliphatic heterocycles. The Morgan fingerprint density at radius 3 is 2.40 bits per heavy atom. The Balaban J connectivity index is 1.43. The fourth-order valence-corrected chi connectivity index (χ4v) is 5.15. The summed E-state index contributed by atoms with van der Waals surface area (Å²) >= 11 is 0. The normalized spacial score (nSPS) is 13.6. The Labute approximate surface area is 237 Å². The highest BCUT2D eigenvalue weighted by Crippen LogP contribution is 2.30. The van der Waals surface area contributed by atoms with Crippen LogP contribution in [0.1, 0.15) is 47.7 Å². The van der Waals surface area contributed by atoms with Crippen LogP contribution in [-0.2, 0) is 22.4 Å². The lowest BCUT2D eigenvalue weighted by atomic mass is 9.89. The van der Waals surface area contributed by atoms with E-state index < -0.39 is 0 Å². The second-order valence-corrected chi connectivity index (χ2v) is 10.2. The third-order valence-corrected chi connectivity index (χ3v) is 7.33. The molecule has 0 unspecified atom stereocenters. The first-order valence-corrected chi connectivity index (χ1v) is 14.3. The van der Waals surface area contributed by atoms with E-state index in [9.17, 15) is 9.59 Å². The molecule has 0 saturated carbocycles. The number of carbonyl (C=O) groups is 2. The Kier molecular flexibility index (Phi) is 11.0. The van der Waals surface area contributed by atoms with Crippen molar-refractivity contribution in [3.05, 3.63) is 89.5 Å². The summed E-state index contributed by atoms with van der Waals surface area (Å²) in [5.41, 5.74) is 4.37. The van der Waals surface area contributed by atoms with E-state index in [0.717, 1.165) is 55.8 Å².